The van der Waals surface area contributed by atoms with Gasteiger partial charge in [-0.3, -0.25) is 9.36 Å². The molecular weight excluding hydrogens is 385 g/mol. The molecule has 0 N–H and O–H groups in total. The molecule has 0 aliphatic rings. The van der Waals surface area contributed by atoms with Gasteiger partial charge in [-0.1, -0.05) is 42.0 Å². The van der Waals surface area contributed by atoms with Crippen LogP contribution >= 0.6 is 11.3 Å². The van der Waals surface area contributed by atoms with Crippen LogP contribution in [-0.2, 0) is 12.7 Å². The van der Waals surface area contributed by atoms with Crippen LogP contribution in [0, 0.1) is 6.92 Å². The monoisotopic (exact) mass is 400 g/mol. The van der Waals surface area contributed by atoms with Crippen LogP contribution in [0.3, 0.4) is 0 Å². The first-order chi connectivity index (χ1) is 13.3. The Morgan fingerprint density at radius 1 is 1.11 bits per heavy atom. The summed E-state index contributed by atoms with van der Waals surface area (Å²) in [7, 11) is 0. The Kier molecular flexibility index (Phi) is 4.55. The SMILES string of the molecule is Cc1cccc(-c2csc3c(=O)n(Cc4cccc(C(F)(F)F)c4)cnc23)c1. The second-order valence-electron chi connectivity index (χ2n) is 6.57. The maximum atomic E-state index is 12.9. The highest BCUT2D eigenvalue weighted by Crippen LogP contribution is 2.32. The molecule has 4 aromatic rings. The van der Waals surface area contributed by atoms with E-state index in [1.165, 1.54) is 28.3 Å². The minimum atomic E-state index is -4.42. The first-order valence-corrected chi connectivity index (χ1v) is 9.41. The number of halogens is 3. The van der Waals surface area contributed by atoms with Gasteiger partial charge in [0.2, 0.25) is 0 Å². The van der Waals surface area contributed by atoms with E-state index >= 15 is 0 Å². The number of benzene rings is 2. The molecule has 4 rings (SSSR count). The Morgan fingerprint density at radius 2 is 1.89 bits per heavy atom. The highest BCUT2D eigenvalue weighted by atomic mass is 32.1. The molecule has 0 saturated heterocycles. The number of rotatable bonds is 3. The first-order valence-electron chi connectivity index (χ1n) is 8.53. The van der Waals surface area contributed by atoms with E-state index in [2.05, 4.69) is 4.98 Å². The molecule has 0 unspecified atom stereocenters. The molecule has 2 heterocycles. The van der Waals surface area contributed by atoms with Crippen LogP contribution in [0.1, 0.15) is 16.7 Å². The minimum Gasteiger partial charge on any atom is -0.294 e. The molecule has 28 heavy (non-hydrogen) atoms. The van der Waals surface area contributed by atoms with E-state index in [0.717, 1.165) is 28.8 Å². The lowest BCUT2D eigenvalue weighted by molar-refractivity contribution is -0.137. The number of aromatic nitrogens is 2. The van der Waals surface area contributed by atoms with Crippen LogP contribution in [0.5, 0.6) is 0 Å². The predicted molar refractivity (Wildman–Crippen MR) is 105 cm³/mol. The summed E-state index contributed by atoms with van der Waals surface area (Å²) < 4.78 is 40.6. The lowest BCUT2D eigenvalue weighted by Gasteiger charge is -2.10. The summed E-state index contributed by atoms with van der Waals surface area (Å²) in [5.74, 6) is 0. The molecule has 2 aromatic heterocycles. The van der Waals surface area contributed by atoms with Gasteiger partial charge < -0.3 is 0 Å². The highest BCUT2D eigenvalue weighted by molar-refractivity contribution is 7.17. The normalized spacial score (nSPS) is 11.9. The minimum absolute atomic E-state index is 0.0311. The molecule has 0 saturated carbocycles. The van der Waals surface area contributed by atoms with Crippen molar-refractivity contribution < 1.29 is 13.2 Å². The molecule has 0 amide bonds. The Labute approximate surface area is 162 Å². The highest BCUT2D eigenvalue weighted by Gasteiger charge is 2.30. The van der Waals surface area contributed by atoms with E-state index < -0.39 is 11.7 Å². The van der Waals surface area contributed by atoms with Gasteiger partial charge >= 0.3 is 6.18 Å². The van der Waals surface area contributed by atoms with Crippen LogP contribution in [0.2, 0.25) is 0 Å². The zero-order valence-corrected chi connectivity index (χ0v) is 15.6. The van der Waals surface area contributed by atoms with E-state index in [1.807, 2.05) is 36.6 Å². The van der Waals surface area contributed by atoms with Gasteiger partial charge in [-0.15, -0.1) is 11.3 Å². The van der Waals surface area contributed by atoms with E-state index in [0.29, 0.717) is 15.8 Å². The molecule has 2 aromatic carbocycles. The summed E-state index contributed by atoms with van der Waals surface area (Å²) in [6, 6.07) is 12.9. The standard InChI is InChI=1S/C21H15F3N2OS/c1-13-4-2-6-15(8-13)17-11-28-19-18(17)25-12-26(20(19)27)10-14-5-3-7-16(9-14)21(22,23)24/h2-9,11-12H,10H2,1H3. The van der Waals surface area contributed by atoms with Crippen molar-refractivity contribution in [3.8, 4) is 11.1 Å². The summed E-state index contributed by atoms with van der Waals surface area (Å²) >= 11 is 1.30. The lowest BCUT2D eigenvalue weighted by atomic mass is 10.1. The van der Waals surface area contributed by atoms with Crippen LogP contribution in [0.25, 0.3) is 21.3 Å². The predicted octanol–water partition coefficient (Wildman–Crippen LogP) is 5.50. The quantitative estimate of drug-likeness (QED) is 0.455. The summed E-state index contributed by atoms with van der Waals surface area (Å²) in [5, 5.41) is 1.89. The Bertz CT molecular complexity index is 1220. The number of fused-ring (bicyclic) bond motifs is 1. The topological polar surface area (TPSA) is 34.9 Å². The molecular formula is C21H15F3N2OS. The third kappa shape index (κ3) is 3.45. The second kappa shape index (κ2) is 6.91. The Balaban J connectivity index is 1.73. The third-order valence-electron chi connectivity index (χ3n) is 4.48. The van der Waals surface area contributed by atoms with Crippen molar-refractivity contribution in [3.63, 3.8) is 0 Å². The van der Waals surface area contributed by atoms with E-state index in [1.54, 1.807) is 6.07 Å². The molecule has 0 spiro atoms. The maximum absolute atomic E-state index is 12.9. The fourth-order valence-electron chi connectivity index (χ4n) is 3.11. The molecule has 142 valence electrons. The average Bonchev–Trinajstić information content (AvgIpc) is 3.08. The van der Waals surface area contributed by atoms with Crippen molar-refractivity contribution in [2.24, 2.45) is 0 Å². The van der Waals surface area contributed by atoms with E-state index in [9.17, 15) is 18.0 Å². The zero-order valence-electron chi connectivity index (χ0n) is 14.8. The average molecular weight is 400 g/mol. The van der Waals surface area contributed by atoms with Crippen LogP contribution in [0.4, 0.5) is 13.2 Å². The fraction of sp³-hybridized carbons (Fsp3) is 0.143. The van der Waals surface area contributed by atoms with Crippen LogP contribution in [0.15, 0.2) is 65.0 Å². The Morgan fingerprint density at radius 3 is 2.64 bits per heavy atom. The van der Waals surface area contributed by atoms with Crippen molar-refractivity contribution in [3.05, 3.63) is 87.3 Å². The number of hydrogen-bond donors (Lipinski definition) is 0. The molecule has 0 fully saturated rings. The van der Waals surface area contributed by atoms with Gasteiger partial charge in [-0.25, -0.2) is 4.98 Å². The molecule has 0 aliphatic heterocycles. The molecule has 3 nitrogen and oxygen atoms in total. The van der Waals surface area contributed by atoms with Gasteiger partial charge in [0.15, 0.2) is 0 Å². The van der Waals surface area contributed by atoms with Crippen LogP contribution < -0.4 is 5.56 Å². The van der Waals surface area contributed by atoms with Gasteiger partial charge in [0.1, 0.15) is 4.70 Å². The largest absolute Gasteiger partial charge is 0.416 e. The molecule has 0 atom stereocenters. The van der Waals surface area contributed by atoms with Gasteiger partial charge in [0.05, 0.1) is 24.0 Å². The van der Waals surface area contributed by atoms with Crippen molar-refractivity contribution >= 4 is 21.6 Å². The van der Waals surface area contributed by atoms with Gasteiger partial charge in [-0.2, -0.15) is 13.2 Å². The van der Waals surface area contributed by atoms with Gasteiger partial charge in [0, 0.05) is 10.9 Å². The summed E-state index contributed by atoms with van der Waals surface area (Å²) in [4.78, 5) is 17.3. The second-order valence-corrected chi connectivity index (χ2v) is 7.45. The van der Waals surface area contributed by atoms with Crippen molar-refractivity contribution in [1.29, 1.82) is 0 Å². The zero-order chi connectivity index (χ0) is 19.9. The molecule has 0 aliphatic carbocycles. The van der Waals surface area contributed by atoms with Gasteiger partial charge in [-0.05, 0) is 30.2 Å². The van der Waals surface area contributed by atoms with Crippen molar-refractivity contribution in [2.45, 2.75) is 19.6 Å². The number of aryl methyl sites for hydroxylation is 1. The van der Waals surface area contributed by atoms with E-state index in [-0.39, 0.29) is 12.1 Å². The summed E-state index contributed by atoms with van der Waals surface area (Å²) in [6.45, 7) is 2.02. The fourth-order valence-corrected chi connectivity index (χ4v) is 4.09. The van der Waals surface area contributed by atoms with E-state index in [4.69, 9.17) is 0 Å². The number of thiophene rings is 1. The molecule has 0 radical (unpaired) electrons. The first kappa shape index (κ1) is 18.4. The third-order valence-corrected chi connectivity index (χ3v) is 5.44. The molecule has 0 bridgehead atoms. The maximum Gasteiger partial charge on any atom is 0.416 e. The van der Waals surface area contributed by atoms with Crippen molar-refractivity contribution in [1.82, 2.24) is 9.55 Å². The van der Waals surface area contributed by atoms with Gasteiger partial charge in [0.25, 0.3) is 5.56 Å². The number of nitrogens with zero attached hydrogens (tertiary/aromatic N) is 2. The van der Waals surface area contributed by atoms with Crippen molar-refractivity contribution in [2.75, 3.05) is 0 Å². The number of hydrogen-bond acceptors (Lipinski definition) is 3. The lowest BCUT2D eigenvalue weighted by Crippen LogP contribution is -2.20. The number of alkyl halides is 3. The smallest absolute Gasteiger partial charge is 0.294 e. The Hall–Kier alpha value is -2.93. The summed E-state index contributed by atoms with van der Waals surface area (Å²) in [6.07, 6.45) is -3.02. The summed E-state index contributed by atoms with van der Waals surface area (Å²) in [5.41, 5.74) is 2.99. The van der Waals surface area contributed by atoms with Crippen LogP contribution in [-0.4, -0.2) is 9.55 Å². The molecule has 7 heteroatoms.